The third-order valence-corrected chi connectivity index (χ3v) is 4.27. The zero-order valence-electron chi connectivity index (χ0n) is 13.8. The van der Waals surface area contributed by atoms with Gasteiger partial charge in [-0.25, -0.2) is 8.78 Å². The molecule has 0 bridgehead atoms. The topological polar surface area (TPSA) is 41.6 Å². The normalized spacial score (nSPS) is 18.1. The number of nitrogens with one attached hydrogen (secondary N) is 1. The highest BCUT2D eigenvalue weighted by Crippen LogP contribution is 2.14. The Morgan fingerprint density at radius 1 is 1.12 bits per heavy atom. The van der Waals surface area contributed by atoms with Crippen LogP contribution in [0.3, 0.4) is 0 Å². The fourth-order valence-corrected chi connectivity index (χ4v) is 2.88. The van der Waals surface area contributed by atoms with Crippen molar-refractivity contribution in [3.8, 4) is 0 Å². The van der Waals surface area contributed by atoms with Crippen LogP contribution in [0.4, 0.5) is 8.78 Å². The van der Waals surface area contributed by atoms with E-state index in [0.717, 1.165) is 5.56 Å². The van der Waals surface area contributed by atoms with E-state index < -0.39 is 17.7 Å². The number of morpholine rings is 1. The zero-order chi connectivity index (χ0) is 17.6. The van der Waals surface area contributed by atoms with Gasteiger partial charge >= 0.3 is 0 Å². The first-order valence-electron chi connectivity index (χ1n) is 8.21. The molecule has 2 aromatic rings. The maximum Gasteiger partial charge on any atom is 0.240 e. The molecule has 1 fully saturated rings. The van der Waals surface area contributed by atoms with E-state index >= 15 is 0 Å². The van der Waals surface area contributed by atoms with E-state index in [1.54, 1.807) is 0 Å². The molecule has 0 spiro atoms. The largest absolute Gasteiger partial charge is 0.378 e. The van der Waals surface area contributed by atoms with Gasteiger partial charge in [-0.15, -0.1) is 0 Å². The van der Waals surface area contributed by atoms with E-state index in [4.69, 9.17) is 4.74 Å². The van der Waals surface area contributed by atoms with Gasteiger partial charge < -0.3 is 10.1 Å². The Balaban J connectivity index is 1.64. The molecule has 4 nitrogen and oxygen atoms in total. The van der Waals surface area contributed by atoms with Crippen molar-refractivity contribution in [1.29, 1.82) is 0 Å². The van der Waals surface area contributed by atoms with E-state index in [2.05, 4.69) is 5.32 Å². The highest BCUT2D eigenvalue weighted by atomic mass is 19.1. The molecule has 1 saturated heterocycles. The fraction of sp³-hybridized carbons (Fsp3) is 0.316. The van der Waals surface area contributed by atoms with Crippen molar-refractivity contribution >= 4 is 5.91 Å². The van der Waals surface area contributed by atoms with Crippen LogP contribution in [0.2, 0.25) is 0 Å². The molecule has 0 aromatic heterocycles. The number of rotatable bonds is 5. The van der Waals surface area contributed by atoms with Crippen LogP contribution in [0, 0.1) is 11.6 Å². The van der Waals surface area contributed by atoms with Crippen LogP contribution in [-0.4, -0.2) is 36.6 Å². The van der Waals surface area contributed by atoms with Gasteiger partial charge in [0.2, 0.25) is 5.91 Å². The Kier molecular flexibility index (Phi) is 5.73. The Hall–Kier alpha value is -2.31. The van der Waals surface area contributed by atoms with Crippen molar-refractivity contribution in [3.63, 3.8) is 0 Å². The van der Waals surface area contributed by atoms with Gasteiger partial charge in [0.05, 0.1) is 13.2 Å². The molecule has 0 unspecified atom stereocenters. The number of carbonyl (C=O) groups excluding carboxylic acids is 1. The highest BCUT2D eigenvalue weighted by Gasteiger charge is 2.29. The predicted molar refractivity (Wildman–Crippen MR) is 89.7 cm³/mol. The van der Waals surface area contributed by atoms with E-state index in [-0.39, 0.29) is 24.6 Å². The van der Waals surface area contributed by atoms with Gasteiger partial charge in [0, 0.05) is 25.2 Å². The zero-order valence-corrected chi connectivity index (χ0v) is 13.8. The Bertz CT molecular complexity index is 704. The minimum atomic E-state index is -0.665. The lowest BCUT2D eigenvalue weighted by Gasteiger charge is -2.34. The van der Waals surface area contributed by atoms with Crippen molar-refractivity contribution in [3.05, 3.63) is 71.3 Å². The predicted octanol–water partition coefficient (Wildman–Crippen LogP) is 2.48. The summed E-state index contributed by atoms with van der Waals surface area (Å²) < 4.78 is 32.8. The molecule has 2 aromatic carbocycles. The van der Waals surface area contributed by atoms with Crippen molar-refractivity contribution in [2.24, 2.45) is 0 Å². The molecule has 3 rings (SSSR count). The molecule has 1 amide bonds. The van der Waals surface area contributed by atoms with Crippen molar-refractivity contribution < 1.29 is 18.3 Å². The summed E-state index contributed by atoms with van der Waals surface area (Å²) in [7, 11) is 0. The number of benzene rings is 2. The number of amides is 1. The first-order valence-corrected chi connectivity index (χ1v) is 8.21. The van der Waals surface area contributed by atoms with Crippen LogP contribution in [0.1, 0.15) is 11.1 Å². The maximum absolute atomic E-state index is 13.7. The summed E-state index contributed by atoms with van der Waals surface area (Å²) in [5, 5.41) is 2.63. The summed E-state index contributed by atoms with van der Waals surface area (Å²) in [5.41, 5.74) is 0.963. The summed E-state index contributed by atoms with van der Waals surface area (Å²) >= 11 is 0. The Morgan fingerprint density at radius 3 is 2.56 bits per heavy atom. The molecule has 0 radical (unpaired) electrons. The number of halogens is 2. The quantitative estimate of drug-likeness (QED) is 0.904. The summed E-state index contributed by atoms with van der Waals surface area (Å²) in [6.07, 6.45) is 0. The number of hydrogen-bond acceptors (Lipinski definition) is 3. The third-order valence-electron chi connectivity index (χ3n) is 4.27. The molecule has 6 heteroatoms. The van der Waals surface area contributed by atoms with Crippen LogP contribution >= 0.6 is 0 Å². The Labute approximate surface area is 145 Å². The minimum absolute atomic E-state index is 0.137. The molecule has 0 saturated carbocycles. The van der Waals surface area contributed by atoms with Gasteiger partial charge in [0.15, 0.2) is 0 Å². The SMILES string of the molecule is O=C(NCc1c(F)cccc1F)[C@H]1COCCN1Cc1ccccc1. The standard InChI is InChI=1S/C19H20F2N2O2/c20-16-7-4-8-17(21)15(16)11-22-19(24)18-13-25-10-9-23(18)12-14-5-2-1-3-6-14/h1-8,18H,9-13H2,(H,22,24)/t18-/m1/s1. The lowest BCUT2D eigenvalue weighted by Crippen LogP contribution is -2.53. The first-order chi connectivity index (χ1) is 12.1. The van der Waals surface area contributed by atoms with E-state index in [1.165, 1.54) is 18.2 Å². The van der Waals surface area contributed by atoms with Gasteiger partial charge in [-0.2, -0.15) is 0 Å². The average Bonchev–Trinajstić information content (AvgIpc) is 2.62. The monoisotopic (exact) mass is 346 g/mol. The summed E-state index contributed by atoms with van der Waals surface area (Å²) in [5.74, 6) is -1.62. The molecule has 1 aliphatic heterocycles. The molecule has 1 atom stereocenters. The molecule has 0 aliphatic carbocycles. The molecule has 1 N–H and O–H groups in total. The van der Waals surface area contributed by atoms with Gasteiger partial charge in [-0.3, -0.25) is 9.69 Å². The van der Waals surface area contributed by atoms with Crippen molar-refractivity contribution in [2.75, 3.05) is 19.8 Å². The number of hydrogen-bond donors (Lipinski definition) is 1. The van der Waals surface area contributed by atoms with Crippen LogP contribution in [0.15, 0.2) is 48.5 Å². The number of carbonyl (C=O) groups is 1. The maximum atomic E-state index is 13.7. The molecule has 132 valence electrons. The van der Waals surface area contributed by atoms with E-state index in [0.29, 0.717) is 19.7 Å². The summed E-state index contributed by atoms with van der Waals surface area (Å²) in [4.78, 5) is 14.5. The van der Waals surface area contributed by atoms with Crippen molar-refractivity contribution in [1.82, 2.24) is 10.2 Å². The lowest BCUT2D eigenvalue weighted by molar-refractivity contribution is -0.133. The second kappa shape index (κ2) is 8.18. The number of nitrogens with zero attached hydrogens (tertiary/aromatic N) is 1. The number of ether oxygens (including phenoxy) is 1. The third kappa shape index (κ3) is 4.41. The summed E-state index contributed by atoms with van der Waals surface area (Å²) in [6, 6.07) is 13.0. The van der Waals surface area contributed by atoms with Crippen molar-refractivity contribution in [2.45, 2.75) is 19.1 Å². The van der Waals surface area contributed by atoms with Gasteiger partial charge in [-0.1, -0.05) is 36.4 Å². The van der Waals surface area contributed by atoms with Crippen LogP contribution in [0.5, 0.6) is 0 Å². The van der Waals surface area contributed by atoms with Crippen LogP contribution < -0.4 is 5.32 Å². The molecular formula is C19H20F2N2O2. The first kappa shape index (κ1) is 17.5. The average molecular weight is 346 g/mol. The second-order valence-electron chi connectivity index (χ2n) is 5.96. The van der Waals surface area contributed by atoms with Gasteiger partial charge in [0.1, 0.15) is 17.7 Å². The molecule has 1 heterocycles. The molecule has 1 aliphatic rings. The minimum Gasteiger partial charge on any atom is -0.378 e. The highest BCUT2D eigenvalue weighted by molar-refractivity contribution is 5.82. The van der Waals surface area contributed by atoms with E-state index in [1.807, 2.05) is 35.2 Å². The fourth-order valence-electron chi connectivity index (χ4n) is 2.88. The van der Waals surface area contributed by atoms with Crippen LogP contribution in [-0.2, 0) is 22.6 Å². The second-order valence-corrected chi connectivity index (χ2v) is 5.96. The lowest BCUT2D eigenvalue weighted by atomic mass is 10.1. The van der Waals surface area contributed by atoms with Gasteiger partial charge in [-0.05, 0) is 17.7 Å². The van der Waals surface area contributed by atoms with Gasteiger partial charge in [0.25, 0.3) is 0 Å². The van der Waals surface area contributed by atoms with E-state index in [9.17, 15) is 13.6 Å². The van der Waals surface area contributed by atoms with Crippen LogP contribution in [0.25, 0.3) is 0 Å². The summed E-state index contributed by atoms with van der Waals surface area (Å²) in [6.45, 7) is 1.88. The Morgan fingerprint density at radius 2 is 1.84 bits per heavy atom. The molecular weight excluding hydrogens is 326 g/mol. The smallest absolute Gasteiger partial charge is 0.240 e. The molecule has 25 heavy (non-hydrogen) atoms.